The topological polar surface area (TPSA) is 58.6 Å². The second kappa shape index (κ2) is 8.86. The molecule has 1 N–H and O–H groups in total. The van der Waals surface area contributed by atoms with E-state index < -0.39 is 0 Å². The quantitative estimate of drug-likeness (QED) is 0.700. The molecule has 5 heteroatoms. The lowest BCUT2D eigenvalue weighted by atomic mass is 10.2. The van der Waals surface area contributed by atoms with Gasteiger partial charge in [0, 0.05) is 24.0 Å². The van der Waals surface area contributed by atoms with Crippen LogP contribution in [-0.4, -0.2) is 25.5 Å². The minimum atomic E-state index is -0.231. The number of carbonyl (C=O) groups excluding carboxylic acids is 2. The minimum absolute atomic E-state index is 0.0909. The van der Waals surface area contributed by atoms with Crippen molar-refractivity contribution in [2.45, 2.75) is 6.92 Å². The molecule has 0 spiro atoms. The van der Waals surface area contributed by atoms with Gasteiger partial charge in [-0.3, -0.25) is 9.59 Å². The number of aryl methyl sites for hydroxylation is 1. The zero-order valence-corrected chi connectivity index (χ0v) is 15.9. The van der Waals surface area contributed by atoms with Crippen molar-refractivity contribution in [3.8, 4) is 5.75 Å². The summed E-state index contributed by atoms with van der Waals surface area (Å²) in [4.78, 5) is 26.1. The monoisotopic (exact) mass is 374 g/mol. The highest BCUT2D eigenvalue weighted by atomic mass is 16.5. The standard InChI is InChI=1S/C23H22N2O3/c1-17-7-6-10-19(15-17)24-22(26)16-28-21-13-11-20(12-14-21)25(2)23(27)18-8-4-3-5-9-18/h3-15H,16H2,1-2H3,(H,24,26). The fraction of sp³-hybridized carbons (Fsp3) is 0.130. The molecule has 5 nitrogen and oxygen atoms in total. The largest absolute Gasteiger partial charge is 0.484 e. The Morgan fingerprint density at radius 1 is 0.929 bits per heavy atom. The summed E-state index contributed by atoms with van der Waals surface area (Å²) in [5.74, 6) is 0.238. The molecule has 0 fully saturated rings. The van der Waals surface area contributed by atoms with Crippen LogP contribution in [0.2, 0.25) is 0 Å². The minimum Gasteiger partial charge on any atom is -0.484 e. The molecule has 0 saturated heterocycles. The van der Waals surface area contributed by atoms with Gasteiger partial charge in [0.2, 0.25) is 0 Å². The maximum absolute atomic E-state index is 12.5. The van der Waals surface area contributed by atoms with Gasteiger partial charge in [0.25, 0.3) is 11.8 Å². The zero-order chi connectivity index (χ0) is 19.9. The average molecular weight is 374 g/mol. The lowest BCUT2D eigenvalue weighted by Crippen LogP contribution is -2.26. The van der Waals surface area contributed by atoms with Crippen LogP contribution in [-0.2, 0) is 4.79 Å². The highest BCUT2D eigenvalue weighted by Crippen LogP contribution is 2.20. The van der Waals surface area contributed by atoms with Gasteiger partial charge in [0.05, 0.1) is 0 Å². The number of anilines is 2. The van der Waals surface area contributed by atoms with E-state index >= 15 is 0 Å². The van der Waals surface area contributed by atoms with Crippen LogP contribution >= 0.6 is 0 Å². The van der Waals surface area contributed by atoms with Crippen molar-refractivity contribution in [2.24, 2.45) is 0 Å². The van der Waals surface area contributed by atoms with Crippen LogP contribution in [0, 0.1) is 6.92 Å². The number of benzene rings is 3. The molecule has 0 bridgehead atoms. The van der Waals surface area contributed by atoms with Gasteiger partial charge in [-0.05, 0) is 61.0 Å². The number of amides is 2. The summed E-state index contributed by atoms with van der Waals surface area (Å²) < 4.78 is 5.53. The molecule has 0 atom stereocenters. The Bertz CT molecular complexity index is 953. The molecule has 2 amide bonds. The molecule has 0 aliphatic heterocycles. The first kappa shape index (κ1) is 19.2. The van der Waals surface area contributed by atoms with Gasteiger partial charge in [-0.2, -0.15) is 0 Å². The van der Waals surface area contributed by atoms with Gasteiger partial charge in [-0.15, -0.1) is 0 Å². The first-order valence-corrected chi connectivity index (χ1v) is 8.95. The predicted octanol–water partition coefficient (Wildman–Crippen LogP) is 4.29. The Labute approximate surface area is 164 Å². The summed E-state index contributed by atoms with van der Waals surface area (Å²) in [6.45, 7) is 1.87. The molecule has 0 heterocycles. The number of nitrogens with zero attached hydrogens (tertiary/aromatic N) is 1. The molecule has 3 rings (SSSR count). The number of nitrogens with one attached hydrogen (secondary N) is 1. The number of ether oxygens (including phenoxy) is 1. The number of carbonyl (C=O) groups is 2. The average Bonchev–Trinajstić information content (AvgIpc) is 2.72. The summed E-state index contributed by atoms with van der Waals surface area (Å²) in [5.41, 5.74) is 3.18. The van der Waals surface area contributed by atoms with Crippen LogP contribution < -0.4 is 15.0 Å². The van der Waals surface area contributed by atoms with Gasteiger partial charge < -0.3 is 15.0 Å². The van der Waals surface area contributed by atoms with Crippen molar-refractivity contribution in [3.63, 3.8) is 0 Å². The summed E-state index contributed by atoms with van der Waals surface area (Å²) >= 11 is 0. The highest BCUT2D eigenvalue weighted by Gasteiger charge is 2.13. The van der Waals surface area contributed by atoms with Gasteiger partial charge in [-0.1, -0.05) is 30.3 Å². The lowest BCUT2D eigenvalue weighted by molar-refractivity contribution is -0.118. The van der Waals surface area contributed by atoms with Gasteiger partial charge >= 0.3 is 0 Å². The molecule has 28 heavy (non-hydrogen) atoms. The third-order valence-corrected chi connectivity index (χ3v) is 4.22. The zero-order valence-electron chi connectivity index (χ0n) is 15.9. The van der Waals surface area contributed by atoms with Crippen molar-refractivity contribution in [3.05, 3.63) is 90.0 Å². The van der Waals surface area contributed by atoms with Crippen LogP contribution in [0.4, 0.5) is 11.4 Å². The summed E-state index contributed by atoms with van der Waals surface area (Å²) in [7, 11) is 1.72. The maximum Gasteiger partial charge on any atom is 0.262 e. The molecular formula is C23H22N2O3. The molecule has 3 aromatic carbocycles. The normalized spacial score (nSPS) is 10.2. The Morgan fingerprint density at radius 3 is 2.32 bits per heavy atom. The SMILES string of the molecule is Cc1cccc(NC(=O)COc2ccc(N(C)C(=O)c3ccccc3)cc2)c1. The van der Waals surface area contributed by atoms with Crippen molar-refractivity contribution >= 4 is 23.2 Å². The number of rotatable bonds is 6. The number of hydrogen-bond acceptors (Lipinski definition) is 3. The van der Waals surface area contributed by atoms with Gasteiger partial charge in [0.1, 0.15) is 5.75 Å². The summed E-state index contributed by atoms with van der Waals surface area (Å²) in [6.07, 6.45) is 0. The van der Waals surface area contributed by atoms with E-state index in [2.05, 4.69) is 5.32 Å². The fourth-order valence-corrected chi connectivity index (χ4v) is 2.73. The second-order valence-corrected chi connectivity index (χ2v) is 6.43. The van der Waals surface area contributed by atoms with E-state index in [1.807, 2.05) is 49.4 Å². The van der Waals surface area contributed by atoms with Crippen LogP contribution in [0.3, 0.4) is 0 Å². The molecule has 0 aromatic heterocycles. The van der Waals surface area contributed by atoms with Crippen molar-refractivity contribution in [2.75, 3.05) is 23.9 Å². The first-order chi connectivity index (χ1) is 13.5. The van der Waals surface area contributed by atoms with Crippen molar-refractivity contribution < 1.29 is 14.3 Å². The first-order valence-electron chi connectivity index (χ1n) is 8.95. The van der Waals surface area contributed by atoms with Crippen LogP contribution in [0.25, 0.3) is 0 Å². The van der Waals surface area contributed by atoms with E-state index in [0.717, 1.165) is 16.9 Å². The molecular weight excluding hydrogens is 352 g/mol. The summed E-state index contributed by atoms with van der Waals surface area (Å²) in [6, 6.07) is 23.7. The molecule has 0 radical (unpaired) electrons. The third kappa shape index (κ3) is 4.98. The molecule has 0 aliphatic rings. The molecule has 0 aliphatic carbocycles. The smallest absolute Gasteiger partial charge is 0.262 e. The third-order valence-electron chi connectivity index (χ3n) is 4.22. The molecule has 142 valence electrons. The summed E-state index contributed by atoms with van der Waals surface area (Å²) in [5, 5.41) is 2.80. The Hall–Kier alpha value is -3.60. The molecule has 0 saturated carbocycles. The molecule has 0 unspecified atom stereocenters. The second-order valence-electron chi connectivity index (χ2n) is 6.43. The van der Waals surface area contributed by atoms with Crippen molar-refractivity contribution in [1.82, 2.24) is 0 Å². The molecule has 3 aromatic rings. The van der Waals surface area contributed by atoms with E-state index in [0.29, 0.717) is 11.3 Å². The van der Waals surface area contributed by atoms with E-state index in [1.165, 1.54) is 0 Å². The van der Waals surface area contributed by atoms with Crippen LogP contribution in [0.15, 0.2) is 78.9 Å². The number of hydrogen-bond donors (Lipinski definition) is 1. The van der Waals surface area contributed by atoms with Gasteiger partial charge in [0.15, 0.2) is 6.61 Å². The van der Waals surface area contributed by atoms with Gasteiger partial charge in [-0.25, -0.2) is 0 Å². The highest BCUT2D eigenvalue weighted by molar-refractivity contribution is 6.05. The lowest BCUT2D eigenvalue weighted by Gasteiger charge is -2.18. The van der Waals surface area contributed by atoms with E-state index in [9.17, 15) is 9.59 Å². The maximum atomic E-state index is 12.5. The van der Waals surface area contributed by atoms with Crippen LogP contribution in [0.1, 0.15) is 15.9 Å². The Kier molecular flexibility index (Phi) is 6.07. The van der Waals surface area contributed by atoms with Crippen LogP contribution in [0.5, 0.6) is 5.75 Å². The Balaban J connectivity index is 1.55. The van der Waals surface area contributed by atoms with E-state index in [-0.39, 0.29) is 18.4 Å². The van der Waals surface area contributed by atoms with E-state index in [1.54, 1.807) is 48.3 Å². The van der Waals surface area contributed by atoms with Crippen molar-refractivity contribution in [1.29, 1.82) is 0 Å². The van der Waals surface area contributed by atoms with E-state index in [4.69, 9.17) is 4.74 Å². The Morgan fingerprint density at radius 2 is 1.64 bits per heavy atom. The fourth-order valence-electron chi connectivity index (χ4n) is 2.73. The predicted molar refractivity (Wildman–Crippen MR) is 111 cm³/mol.